The Bertz CT molecular complexity index is 775. The van der Waals surface area contributed by atoms with Gasteiger partial charge in [-0.2, -0.15) is 5.10 Å². The van der Waals surface area contributed by atoms with E-state index in [0.29, 0.717) is 5.17 Å². The van der Waals surface area contributed by atoms with Crippen LogP contribution in [0.4, 0.5) is 5.69 Å². The number of hydrazone groups is 1. The predicted molar refractivity (Wildman–Crippen MR) is 116 cm³/mol. The topological polar surface area (TPSA) is 65.2 Å². The second-order valence-electron chi connectivity index (χ2n) is 5.11. The van der Waals surface area contributed by atoms with Crippen LogP contribution in [0.3, 0.4) is 0 Å². The van der Waals surface area contributed by atoms with Gasteiger partial charge in [0.1, 0.15) is 0 Å². The minimum absolute atomic E-state index is 0.605. The molecule has 8 heteroatoms. The van der Waals surface area contributed by atoms with Crippen molar-refractivity contribution in [3.05, 3.63) is 60.4 Å². The molecule has 0 aliphatic heterocycles. The molecular weight excluding hydrogens is 364 g/mol. The summed E-state index contributed by atoms with van der Waals surface area (Å²) >= 11 is 2.99. The van der Waals surface area contributed by atoms with Crippen molar-refractivity contribution in [1.82, 2.24) is 10.4 Å². The quantitative estimate of drug-likeness (QED) is 0.491. The van der Waals surface area contributed by atoms with Crippen LogP contribution in [0.5, 0.6) is 0 Å². The van der Waals surface area contributed by atoms with Gasteiger partial charge in [0.15, 0.2) is 5.17 Å². The van der Waals surface area contributed by atoms with E-state index in [1.54, 1.807) is 18.0 Å². The third-order valence-electron chi connectivity index (χ3n) is 3.38. The highest BCUT2D eigenvalue weighted by molar-refractivity contribution is 8.13. The Morgan fingerprint density at radius 3 is 2.35 bits per heavy atom. The highest BCUT2D eigenvalue weighted by Crippen LogP contribution is 2.15. The normalized spacial score (nSPS) is 12.8. The molecule has 6 nitrogen and oxygen atoms in total. The summed E-state index contributed by atoms with van der Waals surface area (Å²) < 4.78 is 0. The lowest BCUT2D eigenvalue weighted by Crippen LogP contribution is -2.27. The number of nitrogens with zero attached hydrogens (tertiary/aromatic N) is 5. The van der Waals surface area contributed by atoms with E-state index in [-0.39, 0.29) is 0 Å². The fraction of sp³-hybridized carbons (Fsp3) is 0.222. The van der Waals surface area contributed by atoms with E-state index in [9.17, 15) is 0 Å². The van der Waals surface area contributed by atoms with Gasteiger partial charge < -0.3 is 4.90 Å². The zero-order valence-electron chi connectivity index (χ0n) is 15.2. The predicted octanol–water partition coefficient (Wildman–Crippen LogP) is 3.88. The van der Waals surface area contributed by atoms with E-state index >= 15 is 0 Å². The fourth-order valence-electron chi connectivity index (χ4n) is 1.97. The van der Waals surface area contributed by atoms with E-state index in [4.69, 9.17) is 0 Å². The number of para-hydroxylation sites is 1. The van der Waals surface area contributed by atoms with Crippen LogP contribution in [0.2, 0.25) is 0 Å². The molecule has 136 valence electrons. The summed E-state index contributed by atoms with van der Waals surface area (Å²) in [5.74, 6) is 0. The monoisotopic (exact) mass is 386 g/mol. The van der Waals surface area contributed by atoms with Gasteiger partial charge in [-0.25, -0.2) is 0 Å². The van der Waals surface area contributed by atoms with Crippen molar-refractivity contribution in [2.45, 2.75) is 6.92 Å². The number of anilines is 1. The van der Waals surface area contributed by atoms with Crippen molar-refractivity contribution < 1.29 is 0 Å². The standard InChI is InChI=1S/C18H22N6S2/c1-14(16-12-8-9-13-19-16)20-21-17(25-3)22-23-18(26-4)24(2)15-10-6-5-7-11-15/h5-13H,1-4H3,(H,21,22)/b20-14+,23-18-. The Labute approximate surface area is 162 Å². The number of nitrogens with one attached hydrogen (secondary N) is 1. The summed E-state index contributed by atoms with van der Waals surface area (Å²) in [6.07, 6.45) is 5.64. The maximum absolute atomic E-state index is 4.46. The molecule has 0 unspecified atom stereocenters. The molecule has 0 fully saturated rings. The average Bonchev–Trinajstić information content (AvgIpc) is 2.71. The number of hydrogen-bond acceptors (Lipinski definition) is 6. The second kappa shape index (κ2) is 10.6. The number of pyridine rings is 1. The van der Waals surface area contributed by atoms with Crippen LogP contribution < -0.4 is 10.3 Å². The maximum Gasteiger partial charge on any atom is 0.203 e. The van der Waals surface area contributed by atoms with Crippen LogP contribution in [0.25, 0.3) is 0 Å². The number of benzene rings is 1. The molecule has 0 atom stereocenters. The van der Waals surface area contributed by atoms with Gasteiger partial charge >= 0.3 is 0 Å². The molecule has 0 amide bonds. The highest BCUT2D eigenvalue weighted by Gasteiger charge is 2.08. The van der Waals surface area contributed by atoms with Crippen LogP contribution >= 0.6 is 23.5 Å². The molecule has 1 aromatic carbocycles. The number of thioether (sulfide) groups is 2. The molecule has 2 aromatic rings. The van der Waals surface area contributed by atoms with E-state index in [1.807, 2.05) is 79.9 Å². The molecule has 2 rings (SSSR count). The SMILES string of the molecule is CS/C(=N\N=C(/C)c1ccccn1)N/N=C(\SC)N(C)c1ccccc1. The van der Waals surface area contributed by atoms with Crippen LogP contribution in [0.15, 0.2) is 70.0 Å². The summed E-state index contributed by atoms with van der Waals surface area (Å²) in [6.45, 7) is 1.88. The summed E-state index contributed by atoms with van der Waals surface area (Å²) in [7, 11) is 1.98. The smallest absolute Gasteiger partial charge is 0.203 e. The minimum Gasteiger partial charge on any atom is -0.323 e. The maximum atomic E-state index is 4.46. The summed E-state index contributed by atoms with van der Waals surface area (Å²) in [6, 6.07) is 15.8. The number of hydrogen-bond donors (Lipinski definition) is 1. The molecule has 1 heterocycles. The molecule has 0 aliphatic rings. The van der Waals surface area contributed by atoms with Crippen molar-refractivity contribution in [2.75, 3.05) is 24.5 Å². The Morgan fingerprint density at radius 1 is 1.00 bits per heavy atom. The lowest BCUT2D eigenvalue weighted by atomic mass is 10.3. The van der Waals surface area contributed by atoms with Crippen molar-refractivity contribution >= 4 is 45.3 Å². The Kier molecular flexibility index (Phi) is 8.17. The van der Waals surface area contributed by atoms with Gasteiger partial charge in [-0.15, -0.1) is 10.2 Å². The third kappa shape index (κ3) is 5.89. The van der Waals surface area contributed by atoms with Gasteiger partial charge in [-0.3, -0.25) is 10.4 Å². The van der Waals surface area contributed by atoms with Crippen molar-refractivity contribution in [3.8, 4) is 0 Å². The number of aromatic nitrogens is 1. The zero-order chi connectivity index (χ0) is 18.8. The molecule has 0 radical (unpaired) electrons. The van der Waals surface area contributed by atoms with Gasteiger partial charge in [-0.1, -0.05) is 47.8 Å². The number of amidine groups is 2. The van der Waals surface area contributed by atoms with Crippen LogP contribution in [0, 0.1) is 0 Å². The molecular formula is C18H22N6S2. The van der Waals surface area contributed by atoms with Gasteiger partial charge in [-0.05, 0) is 43.7 Å². The van der Waals surface area contributed by atoms with Gasteiger partial charge in [0, 0.05) is 18.9 Å². The Hall–Kier alpha value is -2.32. The first kappa shape index (κ1) is 20.0. The van der Waals surface area contributed by atoms with Gasteiger partial charge in [0.25, 0.3) is 0 Å². The summed E-state index contributed by atoms with van der Waals surface area (Å²) in [4.78, 5) is 6.27. The van der Waals surface area contributed by atoms with E-state index < -0.39 is 0 Å². The van der Waals surface area contributed by atoms with Gasteiger partial charge in [0.2, 0.25) is 5.17 Å². The lowest BCUT2D eigenvalue weighted by molar-refractivity contribution is 1.02. The first-order valence-electron chi connectivity index (χ1n) is 7.89. The molecule has 26 heavy (non-hydrogen) atoms. The molecule has 0 aliphatic carbocycles. The second-order valence-corrected chi connectivity index (χ2v) is 6.68. The van der Waals surface area contributed by atoms with E-state index in [0.717, 1.165) is 22.3 Å². The number of rotatable bonds is 4. The lowest BCUT2D eigenvalue weighted by Gasteiger charge is -2.19. The largest absolute Gasteiger partial charge is 0.323 e. The zero-order valence-corrected chi connectivity index (χ0v) is 16.9. The average molecular weight is 387 g/mol. The molecule has 0 spiro atoms. The van der Waals surface area contributed by atoms with Crippen LogP contribution in [-0.4, -0.2) is 40.6 Å². The molecule has 0 saturated carbocycles. The Balaban J connectivity index is 2.11. The Morgan fingerprint density at radius 2 is 1.73 bits per heavy atom. The minimum atomic E-state index is 0.605. The van der Waals surface area contributed by atoms with Crippen LogP contribution in [0.1, 0.15) is 12.6 Å². The van der Waals surface area contributed by atoms with Crippen molar-refractivity contribution in [1.29, 1.82) is 0 Å². The third-order valence-corrected chi connectivity index (χ3v) is 4.67. The first-order valence-corrected chi connectivity index (χ1v) is 10.3. The van der Waals surface area contributed by atoms with Crippen LogP contribution in [-0.2, 0) is 0 Å². The summed E-state index contributed by atoms with van der Waals surface area (Å²) in [5.41, 5.74) is 5.60. The molecule has 1 aromatic heterocycles. The first-order chi connectivity index (χ1) is 12.7. The van der Waals surface area contributed by atoms with Gasteiger partial charge in [0.05, 0.1) is 11.4 Å². The van der Waals surface area contributed by atoms with Crippen molar-refractivity contribution in [3.63, 3.8) is 0 Å². The highest BCUT2D eigenvalue weighted by atomic mass is 32.2. The molecule has 0 saturated heterocycles. The molecule has 1 N–H and O–H groups in total. The van der Waals surface area contributed by atoms with E-state index in [1.165, 1.54) is 11.8 Å². The fourth-order valence-corrected chi connectivity index (χ4v) is 2.75. The molecule has 0 bridgehead atoms. The van der Waals surface area contributed by atoms with E-state index in [2.05, 4.69) is 25.7 Å². The summed E-state index contributed by atoms with van der Waals surface area (Å²) in [5, 5.41) is 14.4. The van der Waals surface area contributed by atoms with Crippen molar-refractivity contribution in [2.24, 2.45) is 15.3 Å².